The van der Waals surface area contributed by atoms with Crippen molar-refractivity contribution in [3.05, 3.63) is 34.3 Å². The molecule has 102 valence electrons. The molecule has 0 aliphatic heterocycles. The minimum absolute atomic E-state index is 0.123. The molecule has 2 rings (SSSR count). The van der Waals surface area contributed by atoms with E-state index >= 15 is 0 Å². The van der Waals surface area contributed by atoms with Crippen LogP contribution >= 0.6 is 15.9 Å². The quantitative estimate of drug-likeness (QED) is 0.861. The van der Waals surface area contributed by atoms with E-state index in [0.29, 0.717) is 12.8 Å². The molecular formula is C15H17BrO3. The van der Waals surface area contributed by atoms with E-state index in [1.807, 2.05) is 31.2 Å². The van der Waals surface area contributed by atoms with Gasteiger partial charge in [-0.1, -0.05) is 41.4 Å². The van der Waals surface area contributed by atoms with Crippen molar-refractivity contribution in [3.63, 3.8) is 0 Å². The lowest BCUT2D eigenvalue weighted by Gasteiger charge is -2.37. The minimum Gasteiger partial charge on any atom is -0.480 e. The Bertz CT molecular complexity index is 495. The predicted octanol–water partition coefficient (Wildman–Crippen LogP) is 3.77. The van der Waals surface area contributed by atoms with Crippen LogP contribution in [0, 0.1) is 5.41 Å². The van der Waals surface area contributed by atoms with Gasteiger partial charge >= 0.3 is 5.97 Å². The molecule has 0 spiro atoms. The maximum absolute atomic E-state index is 12.2. The maximum atomic E-state index is 12.2. The number of halogens is 1. The molecule has 0 bridgehead atoms. The molecule has 1 saturated carbocycles. The van der Waals surface area contributed by atoms with Crippen LogP contribution in [0.2, 0.25) is 0 Å². The van der Waals surface area contributed by atoms with Crippen LogP contribution in [-0.4, -0.2) is 16.9 Å². The van der Waals surface area contributed by atoms with E-state index in [4.69, 9.17) is 0 Å². The molecule has 1 aromatic carbocycles. The largest absolute Gasteiger partial charge is 0.480 e. The van der Waals surface area contributed by atoms with Crippen molar-refractivity contribution in [2.24, 2.45) is 5.41 Å². The predicted molar refractivity (Wildman–Crippen MR) is 76.1 cm³/mol. The van der Waals surface area contributed by atoms with E-state index in [2.05, 4.69) is 15.9 Å². The first-order valence-electron chi connectivity index (χ1n) is 6.50. The van der Waals surface area contributed by atoms with Gasteiger partial charge in [0.05, 0.1) is 0 Å². The summed E-state index contributed by atoms with van der Waals surface area (Å²) in [4.78, 5) is 24.0. The fourth-order valence-electron chi connectivity index (χ4n) is 2.96. The van der Waals surface area contributed by atoms with Gasteiger partial charge in [-0.05, 0) is 30.5 Å². The molecule has 1 N–H and O–H groups in total. The third kappa shape index (κ3) is 2.46. The summed E-state index contributed by atoms with van der Waals surface area (Å²) in [6.07, 6.45) is 2.44. The number of carbonyl (C=O) groups excluding carboxylic acids is 1. The van der Waals surface area contributed by atoms with Crippen molar-refractivity contribution in [2.45, 2.75) is 38.5 Å². The Hall–Kier alpha value is -1.16. The van der Waals surface area contributed by atoms with Crippen molar-refractivity contribution >= 4 is 27.7 Å². The number of aliphatic carboxylic acids is 1. The average molecular weight is 325 g/mol. The number of Topliss-reactive ketones (excluding diaryl/α,β-unsaturated/α-hetero) is 1. The van der Waals surface area contributed by atoms with Gasteiger partial charge in [-0.15, -0.1) is 0 Å². The lowest BCUT2D eigenvalue weighted by molar-refractivity contribution is -0.158. The van der Waals surface area contributed by atoms with Crippen molar-refractivity contribution in [1.29, 1.82) is 0 Å². The number of carbonyl (C=O) groups is 2. The number of ketones is 1. The lowest BCUT2D eigenvalue weighted by atomic mass is 9.63. The van der Waals surface area contributed by atoms with Crippen molar-refractivity contribution in [1.82, 2.24) is 0 Å². The first-order chi connectivity index (χ1) is 8.98. The normalized spacial score (nSPS) is 25.1. The molecule has 2 atom stereocenters. The Morgan fingerprint density at radius 2 is 1.95 bits per heavy atom. The zero-order valence-corrected chi connectivity index (χ0v) is 12.4. The van der Waals surface area contributed by atoms with Crippen molar-refractivity contribution < 1.29 is 14.7 Å². The second kappa shape index (κ2) is 5.45. The van der Waals surface area contributed by atoms with E-state index in [-0.39, 0.29) is 11.7 Å². The van der Waals surface area contributed by atoms with Gasteiger partial charge in [0.2, 0.25) is 0 Å². The van der Waals surface area contributed by atoms with Gasteiger partial charge in [0.1, 0.15) is 5.41 Å². The Kier molecular flexibility index (Phi) is 4.09. The van der Waals surface area contributed by atoms with Gasteiger partial charge < -0.3 is 5.11 Å². The Morgan fingerprint density at radius 3 is 2.47 bits per heavy atom. The molecule has 0 amide bonds. The topological polar surface area (TPSA) is 54.4 Å². The fourth-order valence-corrected chi connectivity index (χ4v) is 3.22. The van der Waals surface area contributed by atoms with Crippen molar-refractivity contribution in [3.8, 4) is 0 Å². The molecule has 0 saturated heterocycles. The summed E-state index contributed by atoms with van der Waals surface area (Å²) >= 11 is 3.36. The van der Waals surface area contributed by atoms with E-state index in [1.165, 1.54) is 0 Å². The van der Waals surface area contributed by atoms with Crippen LogP contribution in [-0.2, 0) is 9.59 Å². The number of carboxylic acid groups (broad SMARTS) is 1. The van der Waals surface area contributed by atoms with Crippen LogP contribution in [0.5, 0.6) is 0 Å². The number of carboxylic acids is 1. The van der Waals surface area contributed by atoms with Gasteiger partial charge in [0.15, 0.2) is 5.78 Å². The second-order valence-corrected chi connectivity index (χ2v) is 6.10. The Morgan fingerprint density at radius 1 is 1.32 bits per heavy atom. The Balaban J connectivity index is 2.41. The summed E-state index contributed by atoms with van der Waals surface area (Å²) in [5.74, 6) is -1.40. The minimum atomic E-state index is -1.24. The standard InChI is InChI=1S/C15H17BrO3/c1-10(11-5-7-12(16)8-6-11)15(14(18)19)9-3-2-4-13(15)17/h5-8,10H,2-4,9H2,1H3,(H,18,19). The van der Waals surface area contributed by atoms with Crippen molar-refractivity contribution in [2.75, 3.05) is 0 Å². The second-order valence-electron chi connectivity index (χ2n) is 5.18. The van der Waals surface area contributed by atoms with Gasteiger partial charge in [0.25, 0.3) is 0 Å². The third-order valence-electron chi connectivity index (χ3n) is 4.21. The highest BCUT2D eigenvalue weighted by Gasteiger charge is 2.51. The SMILES string of the molecule is CC(c1ccc(Br)cc1)C1(C(=O)O)CCCCC1=O. The molecule has 1 aliphatic rings. The number of benzene rings is 1. The van der Waals surface area contributed by atoms with E-state index in [1.54, 1.807) is 0 Å². The van der Waals surface area contributed by atoms with Crippen LogP contribution < -0.4 is 0 Å². The summed E-state index contributed by atoms with van der Waals surface area (Å²) in [6.45, 7) is 1.85. The smallest absolute Gasteiger partial charge is 0.317 e. The molecule has 1 fully saturated rings. The molecule has 19 heavy (non-hydrogen) atoms. The molecule has 0 heterocycles. The lowest BCUT2D eigenvalue weighted by Crippen LogP contribution is -2.45. The van der Waals surface area contributed by atoms with Crippen LogP contribution in [0.4, 0.5) is 0 Å². The first-order valence-corrected chi connectivity index (χ1v) is 7.30. The highest BCUT2D eigenvalue weighted by atomic mass is 79.9. The van der Waals surface area contributed by atoms with Gasteiger partial charge in [-0.25, -0.2) is 0 Å². The third-order valence-corrected chi connectivity index (χ3v) is 4.74. The molecule has 1 aliphatic carbocycles. The van der Waals surface area contributed by atoms with E-state index in [0.717, 1.165) is 22.9 Å². The van der Waals surface area contributed by atoms with E-state index < -0.39 is 11.4 Å². The summed E-state index contributed by atoms with van der Waals surface area (Å²) in [5, 5.41) is 9.62. The van der Waals surface area contributed by atoms with Crippen LogP contribution in [0.25, 0.3) is 0 Å². The summed E-state index contributed by atoms with van der Waals surface area (Å²) in [6, 6.07) is 7.55. The first kappa shape index (κ1) is 14.3. The monoisotopic (exact) mass is 324 g/mol. The van der Waals surface area contributed by atoms with Crippen LogP contribution in [0.3, 0.4) is 0 Å². The molecule has 3 nitrogen and oxygen atoms in total. The highest BCUT2D eigenvalue weighted by molar-refractivity contribution is 9.10. The average Bonchev–Trinajstić information content (AvgIpc) is 2.39. The number of rotatable bonds is 3. The van der Waals surface area contributed by atoms with Crippen LogP contribution in [0.15, 0.2) is 28.7 Å². The van der Waals surface area contributed by atoms with Gasteiger partial charge in [0, 0.05) is 16.8 Å². The highest BCUT2D eigenvalue weighted by Crippen LogP contribution is 2.45. The van der Waals surface area contributed by atoms with Gasteiger partial charge in [-0.3, -0.25) is 9.59 Å². The zero-order chi connectivity index (χ0) is 14.0. The van der Waals surface area contributed by atoms with E-state index in [9.17, 15) is 14.7 Å². The number of hydrogen-bond acceptors (Lipinski definition) is 2. The summed E-state index contributed by atoms with van der Waals surface area (Å²) in [5.41, 5.74) is -0.340. The van der Waals surface area contributed by atoms with Gasteiger partial charge in [-0.2, -0.15) is 0 Å². The molecule has 0 aromatic heterocycles. The molecule has 1 aromatic rings. The molecule has 4 heteroatoms. The molecule has 0 radical (unpaired) electrons. The number of hydrogen-bond donors (Lipinski definition) is 1. The summed E-state index contributed by atoms with van der Waals surface area (Å²) in [7, 11) is 0. The zero-order valence-electron chi connectivity index (χ0n) is 10.9. The summed E-state index contributed by atoms with van der Waals surface area (Å²) < 4.78 is 0.947. The maximum Gasteiger partial charge on any atom is 0.317 e. The Labute approximate surface area is 121 Å². The fraction of sp³-hybridized carbons (Fsp3) is 0.467. The molecular weight excluding hydrogens is 308 g/mol. The van der Waals surface area contributed by atoms with Crippen LogP contribution in [0.1, 0.15) is 44.1 Å². The molecule has 2 unspecified atom stereocenters.